The molecule has 1 aliphatic rings. The van der Waals surface area contributed by atoms with Gasteiger partial charge >= 0.3 is 0 Å². The molecule has 13 heteroatoms. The fraction of sp³-hybridized carbons (Fsp3) is 0.545. The van der Waals surface area contributed by atoms with Crippen LogP contribution in [-0.4, -0.2) is 77.2 Å². The molecule has 0 saturated carbocycles. The summed E-state index contributed by atoms with van der Waals surface area (Å²) in [5, 5.41) is 8.54. The summed E-state index contributed by atoms with van der Waals surface area (Å²) in [5.74, 6) is 1.42. The van der Waals surface area contributed by atoms with E-state index in [2.05, 4.69) is 51.7 Å². The molecule has 2 N–H and O–H groups in total. The lowest BCUT2D eigenvalue weighted by Crippen LogP contribution is -2.50. The van der Waals surface area contributed by atoms with E-state index in [1.807, 2.05) is 0 Å². The van der Waals surface area contributed by atoms with Crippen molar-refractivity contribution in [2.24, 2.45) is 0 Å². The van der Waals surface area contributed by atoms with Crippen LogP contribution in [0.2, 0.25) is 0 Å². The first-order valence-corrected chi connectivity index (χ1v) is 14.7. The number of thiazole rings is 1. The summed E-state index contributed by atoms with van der Waals surface area (Å²) in [6.07, 6.45) is 0.774. The number of hydrogen-bond donors (Lipinski definition) is 2. The number of piperazine rings is 1. The van der Waals surface area contributed by atoms with Gasteiger partial charge in [-0.3, -0.25) is 9.69 Å². The zero-order valence-electron chi connectivity index (χ0n) is 20.6. The number of carbonyl (C=O) groups is 1. The normalized spacial score (nSPS) is 16.5. The van der Waals surface area contributed by atoms with Gasteiger partial charge in [-0.1, -0.05) is 18.3 Å². The highest BCUT2D eigenvalue weighted by atomic mass is 32.2. The Kier molecular flexibility index (Phi) is 7.71. The van der Waals surface area contributed by atoms with Crippen molar-refractivity contribution in [3.63, 3.8) is 0 Å². The van der Waals surface area contributed by atoms with Crippen molar-refractivity contribution in [2.75, 3.05) is 43.4 Å². The number of thiophene rings is 1. The number of nitrogens with one attached hydrogen (secondary N) is 2. The molecule has 10 nitrogen and oxygen atoms in total. The Morgan fingerprint density at radius 3 is 2.54 bits per heavy atom. The summed E-state index contributed by atoms with van der Waals surface area (Å²) >= 11 is 2.65. The van der Waals surface area contributed by atoms with E-state index in [1.54, 1.807) is 18.3 Å². The van der Waals surface area contributed by atoms with Gasteiger partial charge in [0.15, 0.2) is 9.34 Å². The predicted molar refractivity (Wildman–Crippen MR) is 141 cm³/mol. The van der Waals surface area contributed by atoms with Gasteiger partial charge in [-0.05, 0) is 31.7 Å². The van der Waals surface area contributed by atoms with Gasteiger partial charge in [0, 0.05) is 52.1 Å². The third-order valence-electron chi connectivity index (χ3n) is 5.81. The highest BCUT2D eigenvalue weighted by Gasteiger charge is 2.32. The number of carbonyl (C=O) groups excluding carboxylic acids is 1. The number of fused-ring (bicyclic) bond motifs is 1. The average Bonchev–Trinajstić information content (AvgIpc) is 3.36. The molecule has 0 spiro atoms. The van der Waals surface area contributed by atoms with E-state index in [0.29, 0.717) is 37.0 Å². The van der Waals surface area contributed by atoms with Crippen molar-refractivity contribution in [3.05, 3.63) is 22.5 Å². The van der Waals surface area contributed by atoms with Crippen LogP contribution in [0, 0.1) is 13.8 Å². The van der Waals surface area contributed by atoms with Crippen molar-refractivity contribution in [1.82, 2.24) is 24.2 Å². The van der Waals surface area contributed by atoms with Crippen LogP contribution in [0.1, 0.15) is 37.9 Å². The topological polar surface area (TPSA) is 120 Å². The maximum absolute atomic E-state index is 13.2. The molecule has 190 valence electrons. The number of hydrogen-bond acceptors (Lipinski definition) is 10. The summed E-state index contributed by atoms with van der Waals surface area (Å²) in [6.45, 7) is 12.1. The Morgan fingerprint density at radius 2 is 1.89 bits per heavy atom. The minimum absolute atomic E-state index is 0.132. The minimum atomic E-state index is -3.66. The van der Waals surface area contributed by atoms with Gasteiger partial charge in [-0.25, -0.2) is 23.4 Å². The molecule has 0 aromatic carbocycles. The molecule has 1 atom stereocenters. The van der Waals surface area contributed by atoms with Crippen molar-refractivity contribution in [1.29, 1.82) is 0 Å². The molecule has 3 aromatic heterocycles. The van der Waals surface area contributed by atoms with Crippen molar-refractivity contribution in [3.8, 4) is 0 Å². The monoisotopic (exact) mass is 537 g/mol. The van der Waals surface area contributed by atoms with Crippen LogP contribution in [0.5, 0.6) is 0 Å². The molecule has 4 rings (SSSR count). The lowest BCUT2D eigenvalue weighted by molar-refractivity contribution is -0.114. The zero-order chi connectivity index (χ0) is 25.3. The Hall–Kier alpha value is -2.19. The molecule has 1 amide bonds. The quantitative estimate of drug-likeness (QED) is 0.450. The highest BCUT2D eigenvalue weighted by Crippen LogP contribution is 2.31. The number of rotatable bonds is 8. The molecule has 0 bridgehead atoms. The number of sulfonamides is 1. The number of nitrogens with zero attached hydrogens (tertiary/aromatic N) is 5. The van der Waals surface area contributed by atoms with Gasteiger partial charge in [0.25, 0.3) is 10.0 Å². The van der Waals surface area contributed by atoms with E-state index in [9.17, 15) is 13.2 Å². The summed E-state index contributed by atoms with van der Waals surface area (Å²) in [6, 6.07) is 0.132. The largest absolute Gasteiger partial charge is 0.365 e. The maximum atomic E-state index is 13.2. The second-order valence-corrected chi connectivity index (χ2v) is 12.8. The summed E-state index contributed by atoms with van der Waals surface area (Å²) in [5.41, 5.74) is 2.58. The van der Waals surface area contributed by atoms with Crippen LogP contribution in [0.3, 0.4) is 0 Å². The van der Waals surface area contributed by atoms with Gasteiger partial charge in [0.05, 0.1) is 15.9 Å². The van der Waals surface area contributed by atoms with Crippen molar-refractivity contribution < 1.29 is 13.2 Å². The predicted octanol–water partition coefficient (Wildman–Crippen LogP) is 3.09. The zero-order valence-corrected chi connectivity index (χ0v) is 23.0. The van der Waals surface area contributed by atoms with Gasteiger partial charge in [0.2, 0.25) is 5.91 Å². The van der Waals surface area contributed by atoms with E-state index >= 15 is 0 Å². The van der Waals surface area contributed by atoms with E-state index in [4.69, 9.17) is 4.98 Å². The number of aromatic nitrogens is 3. The molecule has 1 fully saturated rings. The number of amides is 1. The number of anilines is 2. The van der Waals surface area contributed by atoms with Gasteiger partial charge in [0.1, 0.15) is 11.6 Å². The molecule has 1 saturated heterocycles. The van der Waals surface area contributed by atoms with Crippen LogP contribution >= 0.6 is 22.7 Å². The number of aryl methyl sites for hydroxylation is 3. The molecular formula is C22H31N7O3S3. The Bertz CT molecular complexity index is 1330. The van der Waals surface area contributed by atoms with Crippen LogP contribution < -0.4 is 10.6 Å². The SMILES string of the molecule is CCc1nc(N[C@@H](C)CN2CCN(S(=O)(=O)c3sc(NC(C)=O)nc3C)CC2)c2scc(C)c2n1. The van der Waals surface area contributed by atoms with Crippen molar-refractivity contribution >= 4 is 59.8 Å². The first-order valence-electron chi connectivity index (χ1n) is 11.6. The maximum Gasteiger partial charge on any atom is 0.254 e. The van der Waals surface area contributed by atoms with Crippen LogP contribution in [0.25, 0.3) is 10.2 Å². The third-order valence-corrected chi connectivity index (χ3v) is 10.5. The summed E-state index contributed by atoms with van der Waals surface area (Å²) < 4.78 is 29.2. The minimum Gasteiger partial charge on any atom is -0.365 e. The van der Waals surface area contributed by atoms with Crippen LogP contribution in [0.15, 0.2) is 9.59 Å². The molecule has 0 radical (unpaired) electrons. The third kappa shape index (κ3) is 5.64. The Labute approximate surface area is 213 Å². The first-order chi connectivity index (χ1) is 16.6. The lowest BCUT2D eigenvalue weighted by atomic mass is 10.2. The van der Waals surface area contributed by atoms with Crippen molar-refractivity contribution in [2.45, 2.75) is 51.3 Å². The molecule has 3 aromatic rings. The molecule has 1 aliphatic heterocycles. The molecular weight excluding hydrogens is 506 g/mol. The van der Waals surface area contributed by atoms with Gasteiger partial charge < -0.3 is 10.6 Å². The molecule has 35 heavy (non-hydrogen) atoms. The van der Waals surface area contributed by atoms with Crippen LogP contribution in [-0.2, 0) is 21.2 Å². The van der Waals surface area contributed by atoms with E-state index < -0.39 is 10.0 Å². The fourth-order valence-electron chi connectivity index (χ4n) is 4.10. The molecule has 0 aliphatic carbocycles. The van der Waals surface area contributed by atoms with Gasteiger partial charge in [-0.15, -0.1) is 11.3 Å². The summed E-state index contributed by atoms with van der Waals surface area (Å²) in [7, 11) is -3.66. The second kappa shape index (κ2) is 10.4. The second-order valence-electron chi connectivity index (χ2n) is 8.76. The smallest absolute Gasteiger partial charge is 0.254 e. The van der Waals surface area contributed by atoms with Crippen LogP contribution in [0.4, 0.5) is 10.9 Å². The van der Waals surface area contributed by atoms with E-state index in [1.165, 1.54) is 11.2 Å². The average molecular weight is 538 g/mol. The highest BCUT2D eigenvalue weighted by molar-refractivity contribution is 7.91. The van der Waals surface area contributed by atoms with E-state index in [0.717, 1.165) is 51.7 Å². The Morgan fingerprint density at radius 1 is 1.17 bits per heavy atom. The lowest BCUT2D eigenvalue weighted by Gasteiger charge is -2.35. The van der Waals surface area contributed by atoms with E-state index in [-0.39, 0.29) is 16.2 Å². The summed E-state index contributed by atoms with van der Waals surface area (Å²) in [4.78, 5) is 27.2. The fourth-order valence-corrected chi connectivity index (χ4v) is 8.06. The Balaban J connectivity index is 1.38. The van der Waals surface area contributed by atoms with Gasteiger partial charge in [-0.2, -0.15) is 4.31 Å². The molecule has 4 heterocycles. The first kappa shape index (κ1) is 25.9. The standard InChI is InChI=1S/C22H31N7O3S3/c1-6-17-26-18-13(2)12-33-19(18)20(27-17)23-14(3)11-28-7-9-29(10-8-28)35(31,32)21-15(4)24-22(34-21)25-16(5)30/h12,14H,6-11H2,1-5H3,(H,23,26,27)(H,24,25,30)/t14-/m0/s1. The molecule has 0 unspecified atom stereocenters.